The molecule has 0 aliphatic carbocycles. The Morgan fingerprint density at radius 3 is 2.47 bits per heavy atom. The van der Waals surface area contributed by atoms with Crippen molar-refractivity contribution in [2.45, 2.75) is 6.18 Å². The Hall–Kier alpha value is -2.09. The third-order valence-corrected chi connectivity index (χ3v) is 2.05. The van der Waals surface area contributed by atoms with E-state index in [4.69, 9.17) is 5.11 Å². The summed E-state index contributed by atoms with van der Waals surface area (Å²) >= 11 is 0. The monoisotopic (exact) mass is 276 g/mol. The van der Waals surface area contributed by atoms with Gasteiger partial charge >= 0.3 is 18.0 Å². The number of benzene rings is 1. The Balaban J connectivity index is 2.72. The van der Waals surface area contributed by atoms with Crippen LogP contribution in [0.25, 0.3) is 0 Å². The Labute approximate surface area is 106 Å². The largest absolute Gasteiger partial charge is 0.416 e. The van der Waals surface area contributed by atoms with Crippen molar-refractivity contribution in [3.63, 3.8) is 0 Å². The molecule has 0 bridgehead atoms. The zero-order chi connectivity index (χ0) is 14.5. The van der Waals surface area contributed by atoms with Gasteiger partial charge in [0.1, 0.15) is 0 Å². The lowest BCUT2D eigenvalue weighted by Crippen LogP contribution is -2.36. The number of aliphatic hydroxyl groups excluding tert-OH is 1. The van der Waals surface area contributed by atoms with Gasteiger partial charge in [-0.2, -0.15) is 13.2 Å². The van der Waals surface area contributed by atoms with E-state index in [0.29, 0.717) is 0 Å². The molecule has 0 aliphatic rings. The van der Waals surface area contributed by atoms with Crippen LogP contribution in [-0.2, 0) is 15.8 Å². The normalized spacial score (nSPS) is 10.9. The molecule has 1 rings (SSSR count). The third-order valence-electron chi connectivity index (χ3n) is 2.05. The summed E-state index contributed by atoms with van der Waals surface area (Å²) in [6.07, 6.45) is -4.53. The second-order valence-electron chi connectivity index (χ2n) is 3.51. The van der Waals surface area contributed by atoms with Crippen LogP contribution in [0.1, 0.15) is 5.56 Å². The number of aliphatic hydroxyl groups is 1. The number of carbonyl (C=O) groups excluding carboxylic acids is 2. The Morgan fingerprint density at radius 2 is 1.89 bits per heavy atom. The topological polar surface area (TPSA) is 78.4 Å². The maximum absolute atomic E-state index is 12.4. The number of hydrogen-bond acceptors (Lipinski definition) is 3. The molecule has 1 aromatic carbocycles. The number of halogens is 3. The van der Waals surface area contributed by atoms with E-state index in [1.807, 2.05) is 5.32 Å². The predicted molar refractivity (Wildman–Crippen MR) is 60.2 cm³/mol. The second kappa shape index (κ2) is 6.19. The molecule has 0 heterocycles. The van der Waals surface area contributed by atoms with Crippen molar-refractivity contribution in [3.8, 4) is 0 Å². The van der Waals surface area contributed by atoms with Crippen LogP contribution in [0.5, 0.6) is 0 Å². The maximum atomic E-state index is 12.4. The van der Waals surface area contributed by atoms with E-state index in [2.05, 4.69) is 5.32 Å². The zero-order valence-electron chi connectivity index (χ0n) is 9.62. The summed E-state index contributed by atoms with van der Waals surface area (Å²) in [7, 11) is 0. The minimum atomic E-state index is -4.53. The molecule has 0 saturated carbocycles. The van der Waals surface area contributed by atoms with Crippen LogP contribution >= 0.6 is 0 Å². The van der Waals surface area contributed by atoms with Crippen molar-refractivity contribution >= 4 is 17.5 Å². The molecule has 0 aliphatic heterocycles. The first kappa shape index (κ1) is 15.0. The van der Waals surface area contributed by atoms with E-state index in [-0.39, 0.29) is 18.8 Å². The summed E-state index contributed by atoms with van der Waals surface area (Å²) in [6.45, 7) is -0.461. The lowest BCUT2D eigenvalue weighted by molar-refractivity contribution is -0.137. The molecular formula is C11H11F3N2O3. The van der Waals surface area contributed by atoms with Gasteiger partial charge in [0, 0.05) is 12.2 Å². The fraction of sp³-hybridized carbons (Fsp3) is 0.273. The number of amides is 2. The van der Waals surface area contributed by atoms with Gasteiger partial charge in [0.2, 0.25) is 0 Å². The van der Waals surface area contributed by atoms with Gasteiger partial charge in [-0.15, -0.1) is 0 Å². The fourth-order valence-corrected chi connectivity index (χ4v) is 1.21. The fourth-order valence-electron chi connectivity index (χ4n) is 1.21. The number of rotatable bonds is 3. The molecule has 0 aromatic heterocycles. The third kappa shape index (κ3) is 4.59. The molecule has 19 heavy (non-hydrogen) atoms. The second-order valence-corrected chi connectivity index (χ2v) is 3.51. The van der Waals surface area contributed by atoms with E-state index < -0.39 is 23.6 Å². The van der Waals surface area contributed by atoms with Crippen molar-refractivity contribution < 1.29 is 27.9 Å². The van der Waals surface area contributed by atoms with Crippen LogP contribution in [0.15, 0.2) is 24.3 Å². The predicted octanol–water partition coefficient (Wildman–Crippen LogP) is 0.752. The molecule has 0 radical (unpaired) electrons. The van der Waals surface area contributed by atoms with Gasteiger partial charge in [-0.25, -0.2) is 0 Å². The molecule has 0 fully saturated rings. The Bertz CT molecular complexity index is 474. The molecule has 8 heteroatoms. The quantitative estimate of drug-likeness (QED) is 0.713. The number of alkyl halides is 3. The zero-order valence-corrected chi connectivity index (χ0v) is 9.62. The van der Waals surface area contributed by atoms with Crippen LogP contribution in [0.4, 0.5) is 18.9 Å². The summed E-state index contributed by atoms with van der Waals surface area (Å²) in [5.74, 6) is -2.14. The number of anilines is 1. The van der Waals surface area contributed by atoms with Gasteiger partial charge in [-0.3, -0.25) is 9.59 Å². The molecule has 1 aromatic rings. The van der Waals surface area contributed by atoms with Crippen LogP contribution in [0.2, 0.25) is 0 Å². The van der Waals surface area contributed by atoms with Crippen molar-refractivity contribution in [1.29, 1.82) is 0 Å². The summed E-state index contributed by atoms with van der Waals surface area (Å²) in [5.41, 5.74) is -1.07. The molecule has 0 saturated heterocycles. The average molecular weight is 276 g/mol. The molecule has 2 amide bonds. The first-order valence-corrected chi connectivity index (χ1v) is 5.22. The van der Waals surface area contributed by atoms with Gasteiger partial charge in [-0.05, 0) is 18.2 Å². The van der Waals surface area contributed by atoms with Gasteiger partial charge in [0.25, 0.3) is 0 Å². The molecule has 3 N–H and O–H groups in total. The van der Waals surface area contributed by atoms with Crippen LogP contribution in [0.3, 0.4) is 0 Å². The van der Waals surface area contributed by atoms with Crippen molar-refractivity contribution in [3.05, 3.63) is 29.8 Å². The highest BCUT2D eigenvalue weighted by Crippen LogP contribution is 2.30. The lowest BCUT2D eigenvalue weighted by atomic mass is 10.2. The smallest absolute Gasteiger partial charge is 0.395 e. The molecule has 0 spiro atoms. The average Bonchev–Trinajstić information content (AvgIpc) is 2.35. The number of carbonyl (C=O) groups is 2. The summed E-state index contributed by atoms with van der Waals surface area (Å²) in [5, 5.41) is 12.5. The van der Waals surface area contributed by atoms with E-state index >= 15 is 0 Å². The Morgan fingerprint density at radius 1 is 1.21 bits per heavy atom. The molecule has 0 unspecified atom stereocenters. The van der Waals surface area contributed by atoms with Gasteiger partial charge in [-0.1, -0.05) is 6.07 Å². The summed E-state index contributed by atoms with van der Waals surface area (Å²) in [4.78, 5) is 22.4. The van der Waals surface area contributed by atoms with Crippen LogP contribution in [0, 0.1) is 0 Å². The Kier molecular flexibility index (Phi) is 4.87. The molecule has 5 nitrogen and oxygen atoms in total. The minimum Gasteiger partial charge on any atom is -0.395 e. The molecule has 104 valence electrons. The SMILES string of the molecule is O=C(NCCO)C(=O)Nc1cccc(C(F)(F)F)c1. The first-order chi connectivity index (χ1) is 8.84. The highest BCUT2D eigenvalue weighted by molar-refractivity contribution is 6.39. The van der Waals surface area contributed by atoms with E-state index in [1.54, 1.807) is 0 Å². The highest BCUT2D eigenvalue weighted by Gasteiger charge is 2.30. The highest BCUT2D eigenvalue weighted by atomic mass is 19.4. The lowest BCUT2D eigenvalue weighted by Gasteiger charge is -2.09. The maximum Gasteiger partial charge on any atom is 0.416 e. The molecule has 0 atom stereocenters. The minimum absolute atomic E-state index is 0.116. The first-order valence-electron chi connectivity index (χ1n) is 5.22. The van der Waals surface area contributed by atoms with Crippen molar-refractivity contribution in [2.75, 3.05) is 18.5 Å². The van der Waals surface area contributed by atoms with Crippen LogP contribution in [-0.4, -0.2) is 30.1 Å². The summed E-state index contributed by atoms with van der Waals surface area (Å²) < 4.78 is 37.2. The molecular weight excluding hydrogens is 265 g/mol. The number of nitrogens with one attached hydrogen (secondary N) is 2. The van der Waals surface area contributed by atoms with E-state index in [9.17, 15) is 22.8 Å². The van der Waals surface area contributed by atoms with Crippen LogP contribution < -0.4 is 10.6 Å². The van der Waals surface area contributed by atoms with Gasteiger partial charge < -0.3 is 15.7 Å². The summed E-state index contributed by atoms with van der Waals surface area (Å²) in [6, 6.07) is 3.91. The van der Waals surface area contributed by atoms with E-state index in [1.165, 1.54) is 6.07 Å². The van der Waals surface area contributed by atoms with E-state index in [0.717, 1.165) is 18.2 Å². The van der Waals surface area contributed by atoms with Crippen molar-refractivity contribution in [2.24, 2.45) is 0 Å². The van der Waals surface area contributed by atoms with Gasteiger partial charge in [0.05, 0.1) is 12.2 Å². The standard InChI is InChI=1S/C11H11F3N2O3/c12-11(13,14)7-2-1-3-8(6-7)16-10(19)9(18)15-4-5-17/h1-3,6,17H,4-5H2,(H,15,18)(H,16,19). The number of hydrogen-bond donors (Lipinski definition) is 3. The van der Waals surface area contributed by atoms with Gasteiger partial charge in [0.15, 0.2) is 0 Å². The van der Waals surface area contributed by atoms with Crippen molar-refractivity contribution in [1.82, 2.24) is 5.32 Å².